The Morgan fingerprint density at radius 3 is 2.22 bits per heavy atom. The third-order valence-corrected chi connectivity index (χ3v) is 4.91. The number of hydrogen-bond donors (Lipinski definition) is 0. The molecular weight excluding hydrogens is 293 g/mol. The average Bonchev–Trinajstić information content (AvgIpc) is 2.61. The minimum absolute atomic E-state index is 0.208. The summed E-state index contributed by atoms with van der Waals surface area (Å²) in [5.74, 6) is 0.0645. The maximum absolute atomic E-state index is 13.0. The molecule has 0 aromatic heterocycles. The first-order valence-electron chi connectivity index (χ1n) is 8.73. The molecule has 0 unspecified atom stereocenters. The molecule has 0 aliphatic carbocycles. The standard InChI is InChI=1S/C18H26FN3O/c19-16-4-6-17(7-5-16)21-12-14-22(15-13-21)18(23)8-11-20-9-2-1-3-10-20/h4-7H,1-3,8-15H2. The van der Waals surface area contributed by atoms with Gasteiger partial charge in [-0.3, -0.25) is 4.79 Å². The van der Waals surface area contributed by atoms with Gasteiger partial charge in [-0.05, 0) is 50.2 Å². The highest BCUT2D eigenvalue weighted by molar-refractivity contribution is 5.76. The molecule has 2 aliphatic rings. The predicted molar refractivity (Wildman–Crippen MR) is 90.1 cm³/mol. The summed E-state index contributed by atoms with van der Waals surface area (Å²) in [5.41, 5.74) is 1.03. The van der Waals surface area contributed by atoms with Gasteiger partial charge in [0.05, 0.1) is 0 Å². The first kappa shape index (κ1) is 16.2. The predicted octanol–water partition coefficient (Wildman–Crippen LogP) is 2.35. The summed E-state index contributed by atoms with van der Waals surface area (Å²) in [6.45, 7) is 6.35. The molecule has 5 heteroatoms. The lowest BCUT2D eigenvalue weighted by Gasteiger charge is -2.36. The van der Waals surface area contributed by atoms with E-state index in [-0.39, 0.29) is 11.7 Å². The molecule has 0 saturated carbocycles. The average molecular weight is 319 g/mol. The number of hydrogen-bond acceptors (Lipinski definition) is 3. The second kappa shape index (κ2) is 7.77. The molecule has 2 fully saturated rings. The van der Waals surface area contributed by atoms with E-state index in [2.05, 4.69) is 9.80 Å². The molecule has 0 bridgehead atoms. The summed E-state index contributed by atoms with van der Waals surface area (Å²) < 4.78 is 13.0. The van der Waals surface area contributed by atoms with Crippen molar-refractivity contribution in [1.29, 1.82) is 0 Å². The van der Waals surface area contributed by atoms with Crippen LogP contribution in [0, 0.1) is 5.82 Å². The van der Waals surface area contributed by atoms with E-state index in [0.29, 0.717) is 6.42 Å². The lowest BCUT2D eigenvalue weighted by atomic mass is 10.1. The maximum Gasteiger partial charge on any atom is 0.223 e. The van der Waals surface area contributed by atoms with Crippen LogP contribution in [0.1, 0.15) is 25.7 Å². The highest BCUT2D eigenvalue weighted by Gasteiger charge is 2.22. The topological polar surface area (TPSA) is 26.8 Å². The van der Waals surface area contributed by atoms with Crippen LogP contribution in [0.15, 0.2) is 24.3 Å². The molecule has 0 spiro atoms. The van der Waals surface area contributed by atoms with Gasteiger partial charge in [0, 0.05) is 44.8 Å². The zero-order valence-electron chi connectivity index (χ0n) is 13.7. The number of piperidine rings is 1. The fourth-order valence-electron chi connectivity index (χ4n) is 3.46. The molecule has 1 amide bonds. The largest absolute Gasteiger partial charge is 0.368 e. The Morgan fingerprint density at radius 2 is 1.57 bits per heavy atom. The minimum Gasteiger partial charge on any atom is -0.368 e. The second-order valence-electron chi connectivity index (χ2n) is 6.50. The van der Waals surface area contributed by atoms with E-state index in [1.54, 1.807) is 0 Å². The third-order valence-electron chi connectivity index (χ3n) is 4.91. The Balaban J connectivity index is 1.42. The molecule has 126 valence electrons. The smallest absolute Gasteiger partial charge is 0.223 e. The number of rotatable bonds is 4. The summed E-state index contributed by atoms with van der Waals surface area (Å²) in [5, 5.41) is 0. The molecule has 2 aliphatic heterocycles. The number of carbonyl (C=O) groups is 1. The summed E-state index contributed by atoms with van der Waals surface area (Å²) in [6.07, 6.45) is 4.50. The van der Waals surface area contributed by atoms with Gasteiger partial charge in [-0.15, -0.1) is 0 Å². The van der Waals surface area contributed by atoms with Gasteiger partial charge in [0.25, 0.3) is 0 Å². The molecule has 3 rings (SSSR count). The summed E-state index contributed by atoms with van der Waals surface area (Å²) in [7, 11) is 0. The van der Waals surface area contributed by atoms with Crippen LogP contribution in [0.3, 0.4) is 0 Å². The van der Waals surface area contributed by atoms with Crippen LogP contribution in [0.4, 0.5) is 10.1 Å². The van der Waals surface area contributed by atoms with Crippen LogP contribution < -0.4 is 4.90 Å². The number of carbonyl (C=O) groups excluding carboxylic acids is 1. The molecule has 4 nitrogen and oxygen atoms in total. The Morgan fingerprint density at radius 1 is 0.913 bits per heavy atom. The van der Waals surface area contributed by atoms with Gasteiger partial charge in [0.1, 0.15) is 5.82 Å². The minimum atomic E-state index is -0.208. The van der Waals surface area contributed by atoms with Crippen molar-refractivity contribution in [2.75, 3.05) is 50.7 Å². The summed E-state index contributed by atoms with van der Waals surface area (Å²) in [6, 6.07) is 6.60. The van der Waals surface area contributed by atoms with E-state index in [9.17, 15) is 9.18 Å². The molecule has 23 heavy (non-hydrogen) atoms. The molecule has 2 saturated heterocycles. The Hall–Kier alpha value is -1.62. The molecule has 0 N–H and O–H groups in total. The van der Waals surface area contributed by atoms with E-state index < -0.39 is 0 Å². The Labute approximate surface area is 137 Å². The summed E-state index contributed by atoms with van der Waals surface area (Å²) >= 11 is 0. The highest BCUT2D eigenvalue weighted by atomic mass is 19.1. The van der Waals surface area contributed by atoms with Crippen molar-refractivity contribution in [3.63, 3.8) is 0 Å². The molecular formula is C18H26FN3O. The lowest BCUT2D eigenvalue weighted by Crippen LogP contribution is -2.49. The van der Waals surface area contributed by atoms with Gasteiger partial charge in [-0.25, -0.2) is 4.39 Å². The number of benzene rings is 1. The van der Waals surface area contributed by atoms with Gasteiger partial charge in [-0.2, -0.15) is 0 Å². The number of amides is 1. The number of likely N-dealkylation sites (tertiary alicyclic amines) is 1. The number of anilines is 1. The van der Waals surface area contributed by atoms with Crippen LogP contribution >= 0.6 is 0 Å². The van der Waals surface area contributed by atoms with E-state index >= 15 is 0 Å². The van der Waals surface area contributed by atoms with Gasteiger partial charge >= 0.3 is 0 Å². The van der Waals surface area contributed by atoms with Crippen LogP contribution in [0.5, 0.6) is 0 Å². The van der Waals surface area contributed by atoms with Crippen molar-refractivity contribution in [2.24, 2.45) is 0 Å². The normalized spacial score (nSPS) is 19.9. The lowest BCUT2D eigenvalue weighted by molar-refractivity contribution is -0.131. The SMILES string of the molecule is O=C(CCN1CCCCC1)N1CCN(c2ccc(F)cc2)CC1. The van der Waals surface area contributed by atoms with Crippen molar-refractivity contribution >= 4 is 11.6 Å². The maximum atomic E-state index is 13.0. The zero-order chi connectivity index (χ0) is 16.1. The van der Waals surface area contributed by atoms with Crippen molar-refractivity contribution in [3.8, 4) is 0 Å². The van der Waals surface area contributed by atoms with E-state index in [4.69, 9.17) is 0 Å². The molecule has 0 atom stereocenters. The van der Waals surface area contributed by atoms with Gasteiger partial charge in [0.15, 0.2) is 0 Å². The van der Waals surface area contributed by atoms with Gasteiger partial charge in [-0.1, -0.05) is 6.42 Å². The fourth-order valence-corrected chi connectivity index (χ4v) is 3.46. The van der Waals surface area contributed by atoms with Crippen molar-refractivity contribution < 1.29 is 9.18 Å². The Bertz CT molecular complexity index is 506. The van der Waals surface area contributed by atoms with E-state index in [1.807, 2.05) is 17.0 Å². The van der Waals surface area contributed by atoms with Crippen molar-refractivity contribution in [1.82, 2.24) is 9.80 Å². The Kier molecular flexibility index (Phi) is 5.49. The van der Waals surface area contributed by atoms with Gasteiger partial charge in [0.2, 0.25) is 5.91 Å². The van der Waals surface area contributed by atoms with E-state index in [1.165, 1.54) is 31.4 Å². The third kappa shape index (κ3) is 4.44. The van der Waals surface area contributed by atoms with Gasteiger partial charge < -0.3 is 14.7 Å². The van der Waals surface area contributed by atoms with Crippen LogP contribution in [-0.2, 0) is 4.79 Å². The van der Waals surface area contributed by atoms with Crippen molar-refractivity contribution in [3.05, 3.63) is 30.1 Å². The summed E-state index contributed by atoms with van der Waals surface area (Å²) in [4.78, 5) is 19.0. The van der Waals surface area contributed by atoms with E-state index in [0.717, 1.165) is 51.5 Å². The van der Waals surface area contributed by atoms with Crippen molar-refractivity contribution in [2.45, 2.75) is 25.7 Å². The zero-order valence-corrected chi connectivity index (χ0v) is 13.7. The van der Waals surface area contributed by atoms with Crippen LogP contribution in [-0.4, -0.2) is 61.5 Å². The first-order valence-corrected chi connectivity index (χ1v) is 8.73. The molecule has 0 radical (unpaired) electrons. The second-order valence-corrected chi connectivity index (χ2v) is 6.50. The fraction of sp³-hybridized carbons (Fsp3) is 0.611. The monoisotopic (exact) mass is 319 g/mol. The van der Waals surface area contributed by atoms with Crippen LogP contribution in [0.25, 0.3) is 0 Å². The highest BCUT2D eigenvalue weighted by Crippen LogP contribution is 2.17. The molecule has 1 aromatic carbocycles. The molecule has 2 heterocycles. The van der Waals surface area contributed by atoms with Crippen LogP contribution in [0.2, 0.25) is 0 Å². The first-order chi connectivity index (χ1) is 11.2. The number of nitrogens with zero attached hydrogens (tertiary/aromatic N) is 3. The number of halogens is 1. The quantitative estimate of drug-likeness (QED) is 0.852. The number of piperazine rings is 1. The molecule has 1 aromatic rings.